The highest BCUT2D eigenvalue weighted by molar-refractivity contribution is 5.81. The van der Waals surface area contributed by atoms with Crippen LogP contribution in [0, 0.1) is 0 Å². The van der Waals surface area contributed by atoms with Crippen LogP contribution in [-0.4, -0.2) is 112 Å². The predicted octanol–water partition coefficient (Wildman–Crippen LogP) is 0.207. The van der Waals surface area contributed by atoms with Crippen molar-refractivity contribution in [2.24, 2.45) is 4.99 Å². The van der Waals surface area contributed by atoms with Crippen LogP contribution in [0.3, 0.4) is 0 Å². The van der Waals surface area contributed by atoms with E-state index in [1.807, 2.05) is 14.1 Å². The summed E-state index contributed by atoms with van der Waals surface area (Å²) in [5.74, 6) is 1.13. The van der Waals surface area contributed by atoms with Crippen LogP contribution in [0.15, 0.2) is 4.99 Å². The third-order valence-electron chi connectivity index (χ3n) is 5.35. The molecular weight excluding hydrogens is 356 g/mol. The molecule has 2 fully saturated rings. The molecule has 2 N–H and O–H groups in total. The molecule has 2 aliphatic rings. The molecule has 0 saturated carbocycles. The quantitative estimate of drug-likeness (QED) is 0.312. The summed E-state index contributed by atoms with van der Waals surface area (Å²) in [4.78, 5) is 23.5. The minimum absolute atomic E-state index is 0.0668. The summed E-state index contributed by atoms with van der Waals surface area (Å²) < 4.78 is 5.39. The van der Waals surface area contributed by atoms with E-state index in [9.17, 15) is 4.79 Å². The molecule has 8 nitrogen and oxygen atoms in total. The summed E-state index contributed by atoms with van der Waals surface area (Å²) in [5, 5.41) is 6.76. The number of rotatable bonds is 10. The van der Waals surface area contributed by atoms with E-state index < -0.39 is 0 Å². The van der Waals surface area contributed by atoms with Crippen molar-refractivity contribution in [3.8, 4) is 0 Å². The average Bonchev–Trinajstić information content (AvgIpc) is 3.16. The number of carbonyl (C=O) groups excluding carboxylic acids is 1. The number of likely N-dealkylation sites (N-methyl/N-ethyl adjacent to an activating group) is 1. The van der Waals surface area contributed by atoms with Gasteiger partial charge in [0, 0.05) is 59.9 Å². The molecule has 2 saturated heterocycles. The van der Waals surface area contributed by atoms with E-state index in [1.54, 1.807) is 4.90 Å². The Labute approximate surface area is 170 Å². The van der Waals surface area contributed by atoms with Crippen molar-refractivity contribution >= 4 is 11.9 Å². The van der Waals surface area contributed by atoms with Gasteiger partial charge in [-0.1, -0.05) is 0 Å². The maximum atomic E-state index is 12.3. The van der Waals surface area contributed by atoms with Crippen LogP contribution in [0.5, 0.6) is 0 Å². The topological polar surface area (TPSA) is 72.4 Å². The van der Waals surface area contributed by atoms with E-state index in [2.05, 4.69) is 27.4 Å². The third kappa shape index (κ3) is 7.93. The number of hydrogen-bond acceptors (Lipinski definition) is 5. The van der Waals surface area contributed by atoms with Gasteiger partial charge in [-0.2, -0.15) is 0 Å². The standard InChI is InChI=1S/C20H40N6O2/c1-4-21-20(22-9-6-11-25-14-16-28-17-15-25)23-10-7-13-26-12-5-8-18(26)19(27)24(2)3/h18H,4-17H2,1-3H3,(H2,21,22,23). The molecule has 162 valence electrons. The molecule has 0 aromatic heterocycles. The first kappa shape index (κ1) is 22.9. The predicted molar refractivity (Wildman–Crippen MR) is 114 cm³/mol. The van der Waals surface area contributed by atoms with Gasteiger partial charge in [0.05, 0.1) is 19.3 Å². The van der Waals surface area contributed by atoms with Crippen LogP contribution in [-0.2, 0) is 9.53 Å². The Hall–Kier alpha value is -1.38. The first-order chi connectivity index (χ1) is 13.6. The lowest BCUT2D eigenvalue weighted by Gasteiger charge is -2.26. The third-order valence-corrected chi connectivity index (χ3v) is 5.35. The molecule has 0 spiro atoms. The second kappa shape index (κ2) is 13.0. The van der Waals surface area contributed by atoms with E-state index >= 15 is 0 Å². The van der Waals surface area contributed by atoms with E-state index in [4.69, 9.17) is 9.73 Å². The fourth-order valence-electron chi connectivity index (χ4n) is 3.81. The van der Waals surface area contributed by atoms with Crippen LogP contribution in [0.2, 0.25) is 0 Å². The fourth-order valence-corrected chi connectivity index (χ4v) is 3.81. The van der Waals surface area contributed by atoms with Crippen LogP contribution in [0.4, 0.5) is 0 Å². The molecule has 1 amide bonds. The lowest BCUT2D eigenvalue weighted by molar-refractivity contribution is -0.133. The van der Waals surface area contributed by atoms with Crippen molar-refractivity contribution < 1.29 is 9.53 Å². The highest BCUT2D eigenvalue weighted by Crippen LogP contribution is 2.18. The fraction of sp³-hybridized carbons (Fsp3) is 0.900. The van der Waals surface area contributed by atoms with Gasteiger partial charge >= 0.3 is 0 Å². The maximum Gasteiger partial charge on any atom is 0.239 e. The summed E-state index contributed by atoms with van der Waals surface area (Å²) in [5.41, 5.74) is 0. The molecule has 1 unspecified atom stereocenters. The zero-order valence-electron chi connectivity index (χ0n) is 18.1. The molecule has 0 aliphatic carbocycles. The minimum Gasteiger partial charge on any atom is -0.379 e. The lowest BCUT2D eigenvalue weighted by Crippen LogP contribution is -2.44. The Balaban J connectivity index is 1.64. The van der Waals surface area contributed by atoms with Gasteiger partial charge in [-0.25, -0.2) is 0 Å². The molecule has 2 heterocycles. The van der Waals surface area contributed by atoms with Crippen molar-refractivity contribution in [2.45, 2.75) is 38.6 Å². The molecule has 0 bridgehead atoms. The maximum absolute atomic E-state index is 12.3. The summed E-state index contributed by atoms with van der Waals surface area (Å²) in [6.07, 6.45) is 4.18. The van der Waals surface area contributed by atoms with Crippen LogP contribution < -0.4 is 10.6 Å². The summed E-state index contributed by atoms with van der Waals surface area (Å²) in [7, 11) is 3.69. The average molecular weight is 397 g/mol. The van der Waals surface area contributed by atoms with E-state index in [1.165, 1.54) is 0 Å². The van der Waals surface area contributed by atoms with E-state index in [-0.39, 0.29) is 11.9 Å². The van der Waals surface area contributed by atoms with Crippen molar-refractivity contribution in [1.82, 2.24) is 25.3 Å². The van der Waals surface area contributed by atoms with Crippen molar-refractivity contribution in [3.05, 3.63) is 0 Å². The first-order valence-electron chi connectivity index (χ1n) is 10.9. The molecule has 0 radical (unpaired) electrons. The van der Waals surface area contributed by atoms with Gasteiger partial charge in [0.25, 0.3) is 0 Å². The number of morpholine rings is 1. The molecule has 0 aromatic rings. The number of ether oxygens (including phenoxy) is 1. The zero-order valence-corrected chi connectivity index (χ0v) is 18.1. The smallest absolute Gasteiger partial charge is 0.239 e. The van der Waals surface area contributed by atoms with Crippen molar-refractivity contribution in [2.75, 3.05) is 79.7 Å². The van der Waals surface area contributed by atoms with E-state index in [0.717, 1.165) is 97.2 Å². The number of aliphatic imine (C=N–C) groups is 1. The lowest BCUT2D eigenvalue weighted by atomic mass is 10.2. The Morgan fingerprint density at radius 3 is 2.64 bits per heavy atom. The Morgan fingerprint density at radius 2 is 1.93 bits per heavy atom. The Kier molecular flexibility index (Phi) is 10.6. The number of amides is 1. The summed E-state index contributed by atoms with van der Waals surface area (Å²) in [6, 6.07) is 0.0668. The molecule has 2 rings (SSSR count). The van der Waals surface area contributed by atoms with Gasteiger partial charge in [0.2, 0.25) is 5.91 Å². The van der Waals surface area contributed by atoms with Gasteiger partial charge in [-0.05, 0) is 39.2 Å². The molecule has 8 heteroatoms. The van der Waals surface area contributed by atoms with Gasteiger partial charge < -0.3 is 20.3 Å². The largest absolute Gasteiger partial charge is 0.379 e. The minimum atomic E-state index is 0.0668. The van der Waals surface area contributed by atoms with Crippen molar-refractivity contribution in [1.29, 1.82) is 0 Å². The van der Waals surface area contributed by atoms with Crippen LogP contribution >= 0.6 is 0 Å². The summed E-state index contributed by atoms with van der Waals surface area (Å²) in [6.45, 7) is 11.5. The number of nitrogens with zero attached hydrogens (tertiary/aromatic N) is 4. The van der Waals surface area contributed by atoms with Gasteiger partial charge in [-0.3, -0.25) is 19.6 Å². The highest BCUT2D eigenvalue weighted by Gasteiger charge is 2.30. The van der Waals surface area contributed by atoms with Gasteiger partial charge in [0.15, 0.2) is 5.96 Å². The number of likely N-dealkylation sites (tertiary alicyclic amines) is 1. The molecule has 1 atom stereocenters. The number of hydrogen-bond donors (Lipinski definition) is 2. The number of carbonyl (C=O) groups is 1. The van der Waals surface area contributed by atoms with Crippen LogP contribution in [0.1, 0.15) is 32.6 Å². The molecular formula is C20H40N6O2. The SMILES string of the molecule is CCNC(=NCCCN1CCOCC1)NCCCN1CCCC1C(=O)N(C)C. The molecule has 0 aromatic carbocycles. The molecule has 28 heavy (non-hydrogen) atoms. The number of nitrogens with one attached hydrogen (secondary N) is 2. The Bertz CT molecular complexity index is 479. The second-order valence-corrected chi connectivity index (χ2v) is 7.78. The van der Waals surface area contributed by atoms with Crippen molar-refractivity contribution in [3.63, 3.8) is 0 Å². The monoisotopic (exact) mass is 396 g/mol. The zero-order chi connectivity index (χ0) is 20.2. The normalized spacial score (nSPS) is 21.7. The molecule has 2 aliphatic heterocycles. The Morgan fingerprint density at radius 1 is 1.14 bits per heavy atom. The first-order valence-corrected chi connectivity index (χ1v) is 10.9. The van der Waals surface area contributed by atoms with Gasteiger partial charge in [-0.15, -0.1) is 0 Å². The van der Waals surface area contributed by atoms with E-state index in [0.29, 0.717) is 0 Å². The van der Waals surface area contributed by atoms with Gasteiger partial charge in [0.1, 0.15) is 0 Å². The van der Waals surface area contributed by atoms with Crippen LogP contribution in [0.25, 0.3) is 0 Å². The summed E-state index contributed by atoms with van der Waals surface area (Å²) >= 11 is 0. The highest BCUT2D eigenvalue weighted by atomic mass is 16.5. The number of guanidine groups is 1. The second-order valence-electron chi connectivity index (χ2n) is 7.78.